The van der Waals surface area contributed by atoms with Gasteiger partial charge in [0.05, 0.1) is 17.1 Å². The summed E-state index contributed by atoms with van der Waals surface area (Å²) in [4.78, 5) is 10.6. The lowest BCUT2D eigenvalue weighted by Crippen LogP contribution is -2.37. The van der Waals surface area contributed by atoms with Crippen LogP contribution in [-0.4, -0.2) is 41.1 Å². The van der Waals surface area contributed by atoms with Crippen molar-refractivity contribution in [3.05, 3.63) is 66.0 Å². The van der Waals surface area contributed by atoms with Crippen LogP contribution in [-0.2, 0) is 4.74 Å². The van der Waals surface area contributed by atoms with Crippen molar-refractivity contribution in [2.75, 3.05) is 20.1 Å². The Hall–Kier alpha value is -2.17. The molecule has 124 valence electrons. The Balaban J connectivity index is 1.67. The summed E-state index contributed by atoms with van der Waals surface area (Å²) in [5.41, 5.74) is 3.18. The number of aromatic nitrogens is 2. The van der Waals surface area contributed by atoms with Crippen molar-refractivity contribution in [1.82, 2.24) is 14.9 Å². The maximum Gasteiger partial charge on any atom is 0.141 e. The van der Waals surface area contributed by atoms with Crippen molar-refractivity contribution in [1.29, 1.82) is 0 Å². The van der Waals surface area contributed by atoms with Crippen LogP contribution in [0.2, 0.25) is 0 Å². The largest absolute Gasteiger partial charge is 0.361 e. The Kier molecular flexibility index (Phi) is 4.32. The number of likely N-dealkylation sites (tertiary alicyclic amines) is 1. The van der Waals surface area contributed by atoms with Gasteiger partial charge in [-0.2, -0.15) is 0 Å². The van der Waals surface area contributed by atoms with Crippen LogP contribution in [0.25, 0.3) is 11.0 Å². The van der Waals surface area contributed by atoms with Gasteiger partial charge in [0.15, 0.2) is 0 Å². The smallest absolute Gasteiger partial charge is 0.141 e. The van der Waals surface area contributed by atoms with Crippen LogP contribution in [0.15, 0.2) is 54.6 Å². The van der Waals surface area contributed by atoms with Crippen molar-refractivity contribution in [3.8, 4) is 0 Å². The fraction of sp³-hybridized carbons (Fsp3) is 0.350. The van der Waals surface area contributed by atoms with Gasteiger partial charge in [0, 0.05) is 6.54 Å². The number of hydrogen-bond donors (Lipinski definition) is 1. The monoisotopic (exact) mass is 321 g/mol. The van der Waals surface area contributed by atoms with E-state index < -0.39 is 0 Å². The lowest BCUT2D eigenvalue weighted by molar-refractivity contribution is -0.0310. The maximum absolute atomic E-state index is 6.53. The van der Waals surface area contributed by atoms with Gasteiger partial charge in [0.1, 0.15) is 11.9 Å². The number of H-pyrrole nitrogens is 1. The molecule has 4 heteroatoms. The minimum Gasteiger partial charge on any atom is -0.361 e. The van der Waals surface area contributed by atoms with E-state index >= 15 is 0 Å². The quantitative estimate of drug-likeness (QED) is 0.795. The van der Waals surface area contributed by atoms with Gasteiger partial charge in [-0.05, 0) is 44.1 Å². The molecule has 4 nitrogen and oxygen atoms in total. The topological polar surface area (TPSA) is 41.1 Å². The lowest BCUT2D eigenvalue weighted by atomic mass is 10.1. The third-order valence-electron chi connectivity index (χ3n) is 4.67. The number of fused-ring (bicyclic) bond motifs is 1. The van der Waals surface area contributed by atoms with Crippen LogP contribution in [0, 0.1) is 0 Å². The van der Waals surface area contributed by atoms with Gasteiger partial charge in [0.25, 0.3) is 0 Å². The van der Waals surface area contributed by atoms with Crippen molar-refractivity contribution >= 4 is 11.0 Å². The zero-order valence-corrected chi connectivity index (χ0v) is 14.0. The summed E-state index contributed by atoms with van der Waals surface area (Å²) in [6, 6.07) is 18.5. The maximum atomic E-state index is 6.53. The van der Waals surface area contributed by atoms with Crippen molar-refractivity contribution in [2.45, 2.75) is 25.0 Å². The molecule has 0 radical (unpaired) electrons. The summed E-state index contributed by atoms with van der Waals surface area (Å²) in [5.74, 6) is 0.885. The number of aromatic amines is 1. The van der Waals surface area contributed by atoms with Crippen molar-refractivity contribution < 1.29 is 4.74 Å². The zero-order valence-electron chi connectivity index (χ0n) is 14.0. The van der Waals surface area contributed by atoms with Gasteiger partial charge < -0.3 is 14.6 Å². The Morgan fingerprint density at radius 3 is 2.71 bits per heavy atom. The average molecular weight is 321 g/mol. The number of nitrogens with one attached hydrogen (secondary N) is 1. The van der Waals surface area contributed by atoms with Gasteiger partial charge in [-0.15, -0.1) is 0 Å². The summed E-state index contributed by atoms with van der Waals surface area (Å²) in [7, 11) is 2.16. The highest BCUT2D eigenvalue weighted by molar-refractivity contribution is 5.74. The van der Waals surface area contributed by atoms with Crippen LogP contribution in [0.1, 0.15) is 30.3 Å². The third kappa shape index (κ3) is 3.21. The van der Waals surface area contributed by atoms with Crippen LogP contribution < -0.4 is 0 Å². The molecule has 0 saturated carbocycles. The van der Waals surface area contributed by atoms with E-state index in [4.69, 9.17) is 9.72 Å². The number of imidazole rings is 1. The second kappa shape index (κ2) is 6.75. The van der Waals surface area contributed by atoms with Crippen molar-refractivity contribution in [2.24, 2.45) is 0 Å². The number of hydrogen-bond acceptors (Lipinski definition) is 3. The van der Waals surface area contributed by atoms with Crippen LogP contribution in [0.4, 0.5) is 0 Å². The predicted molar refractivity (Wildman–Crippen MR) is 96.0 cm³/mol. The lowest BCUT2D eigenvalue weighted by Gasteiger charge is -2.32. The Morgan fingerprint density at radius 2 is 1.92 bits per heavy atom. The Labute approximate surface area is 142 Å². The summed E-state index contributed by atoms with van der Waals surface area (Å²) in [6.45, 7) is 2.13. The number of rotatable bonds is 4. The molecule has 0 amide bonds. The van der Waals surface area contributed by atoms with E-state index in [2.05, 4.69) is 47.3 Å². The molecule has 4 rings (SSSR count). The first-order chi connectivity index (χ1) is 11.8. The number of para-hydroxylation sites is 2. The number of ether oxygens (including phenoxy) is 1. The first kappa shape index (κ1) is 15.4. The minimum absolute atomic E-state index is 0.157. The summed E-state index contributed by atoms with van der Waals surface area (Å²) < 4.78 is 6.53. The molecule has 1 aliphatic heterocycles. The summed E-state index contributed by atoms with van der Waals surface area (Å²) in [5, 5.41) is 0. The van der Waals surface area contributed by atoms with Crippen LogP contribution >= 0.6 is 0 Å². The van der Waals surface area contributed by atoms with Crippen LogP contribution in [0.5, 0.6) is 0 Å². The highest BCUT2D eigenvalue weighted by atomic mass is 16.5. The molecule has 2 heterocycles. The van der Waals surface area contributed by atoms with Gasteiger partial charge >= 0.3 is 0 Å². The molecule has 2 unspecified atom stereocenters. The number of benzene rings is 2. The molecular weight excluding hydrogens is 298 g/mol. The molecule has 2 aromatic carbocycles. The standard InChI is InChI=1S/C20H23N3O/c1-23-13-7-10-16(14-23)24-19(15-8-3-2-4-9-15)20-21-17-11-5-6-12-18(17)22-20/h2-6,8-9,11-12,16,19H,7,10,13-14H2,1H3,(H,21,22). The molecule has 0 aliphatic carbocycles. The molecule has 24 heavy (non-hydrogen) atoms. The number of nitrogens with zero attached hydrogens (tertiary/aromatic N) is 2. The molecule has 1 N–H and O–H groups in total. The molecule has 1 saturated heterocycles. The zero-order chi connectivity index (χ0) is 16.4. The molecule has 2 atom stereocenters. The van der Waals surface area contributed by atoms with E-state index in [1.165, 1.54) is 6.42 Å². The van der Waals surface area contributed by atoms with E-state index in [0.29, 0.717) is 0 Å². The second-order valence-electron chi connectivity index (χ2n) is 6.59. The normalized spacial score (nSPS) is 20.3. The first-order valence-corrected chi connectivity index (χ1v) is 8.63. The van der Waals surface area contributed by atoms with E-state index in [9.17, 15) is 0 Å². The molecular formula is C20H23N3O. The van der Waals surface area contributed by atoms with Gasteiger partial charge in [-0.25, -0.2) is 4.98 Å². The van der Waals surface area contributed by atoms with Crippen molar-refractivity contribution in [3.63, 3.8) is 0 Å². The molecule has 1 aliphatic rings. The van der Waals surface area contributed by atoms with E-state index in [1.54, 1.807) is 0 Å². The highest BCUT2D eigenvalue weighted by Gasteiger charge is 2.25. The minimum atomic E-state index is -0.157. The van der Waals surface area contributed by atoms with Gasteiger partial charge in [0.2, 0.25) is 0 Å². The molecule has 1 fully saturated rings. The van der Waals surface area contributed by atoms with Gasteiger partial charge in [-0.1, -0.05) is 42.5 Å². The first-order valence-electron chi connectivity index (χ1n) is 8.63. The SMILES string of the molecule is CN1CCCC(OC(c2ccccc2)c2nc3ccccc3[nH]2)C1. The fourth-order valence-corrected chi connectivity index (χ4v) is 3.45. The number of piperidine rings is 1. The molecule has 0 bridgehead atoms. The van der Waals surface area contributed by atoms with E-state index in [-0.39, 0.29) is 12.2 Å². The summed E-state index contributed by atoms with van der Waals surface area (Å²) in [6.07, 6.45) is 2.37. The molecule has 3 aromatic rings. The Morgan fingerprint density at radius 1 is 1.12 bits per heavy atom. The third-order valence-corrected chi connectivity index (χ3v) is 4.67. The van der Waals surface area contributed by atoms with E-state index in [1.807, 2.05) is 24.3 Å². The molecule has 1 aromatic heterocycles. The molecule has 0 spiro atoms. The van der Waals surface area contributed by atoms with Crippen LogP contribution in [0.3, 0.4) is 0 Å². The Bertz CT molecular complexity index is 766. The average Bonchev–Trinajstić information content (AvgIpc) is 3.04. The summed E-state index contributed by atoms with van der Waals surface area (Å²) >= 11 is 0. The van der Waals surface area contributed by atoms with E-state index in [0.717, 1.165) is 41.9 Å². The second-order valence-corrected chi connectivity index (χ2v) is 6.59. The highest BCUT2D eigenvalue weighted by Crippen LogP contribution is 2.29. The fourth-order valence-electron chi connectivity index (χ4n) is 3.45. The van der Waals surface area contributed by atoms with Gasteiger partial charge in [-0.3, -0.25) is 0 Å². The number of likely N-dealkylation sites (N-methyl/N-ethyl adjacent to an activating group) is 1. The predicted octanol–water partition coefficient (Wildman–Crippen LogP) is 3.76.